The highest BCUT2D eigenvalue weighted by Crippen LogP contribution is 2.34. The van der Waals surface area contributed by atoms with E-state index in [1.165, 1.54) is 49.9 Å². The van der Waals surface area contributed by atoms with Crippen molar-refractivity contribution in [3.63, 3.8) is 0 Å². The van der Waals surface area contributed by atoms with Crippen molar-refractivity contribution in [3.05, 3.63) is 11.3 Å². The van der Waals surface area contributed by atoms with Crippen LogP contribution in [0.25, 0.3) is 0 Å². The molecule has 1 N–H and O–H groups in total. The van der Waals surface area contributed by atoms with Crippen LogP contribution >= 0.6 is 0 Å². The van der Waals surface area contributed by atoms with E-state index in [4.69, 9.17) is 0 Å². The number of rotatable bonds is 2. The van der Waals surface area contributed by atoms with E-state index in [0.717, 1.165) is 6.42 Å². The second-order valence-electron chi connectivity index (χ2n) is 5.67. The third-order valence-corrected chi connectivity index (χ3v) is 4.12. The van der Waals surface area contributed by atoms with Crippen LogP contribution in [0.5, 0.6) is 0 Å². The molecule has 2 aliphatic rings. The van der Waals surface area contributed by atoms with E-state index >= 15 is 0 Å². The van der Waals surface area contributed by atoms with Crippen LogP contribution in [-0.4, -0.2) is 5.71 Å². The van der Waals surface area contributed by atoms with Gasteiger partial charge in [-0.05, 0) is 37.2 Å². The Bertz CT molecular complexity index is 326. The fourth-order valence-corrected chi connectivity index (χ4v) is 3.16. The minimum Gasteiger partial charge on any atom is -0.282 e. The summed E-state index contributed by atoms with van der Waals surface area (Å²) in [5.74, 6) is 1.23. The third kappa shape index (κ3) is 2.72. The van der Waals surface area contributed by atoms with Gasteiger partial charge in [0.2, 0.25) is 0 Å². The smallest absolute Gasteiger partial charge is 0.0451 e. The number of hydrazone groups is 1. The lowest BCUT2D eigenvalue weighted by atomic mass is 9.79. The molecule has 0 aromatic heterocycles. The average Bonchev–Trinajstić information content (AvgIpc) is 2.28. The van der Waals surface area contributed by atoms with Crippen LogP contribution in [-0.2, 0) is 0 Å². The third-order valence-electron chi connectivity index (χ3n) is 4.12. The van der Waals surface area contributed by atoms with E-state index in [0.29, 0.717) is 11.8 Å². The normalized spacial score (nSPS) is 25.9. The van der Waals surface area contributed by atoms with E-state index in [1.54, 1.807) is 5.57 Å². The molecule has 0 amide bonds. The molecule has 1 aliphatic heterocycles. The van der Waals surface area contributed by atoms with Crippen LogP contribution in [0.3, 0.4) is 0 Å². The number of fused-ring (bicyclic) bond motifs is 1. The Kier molecular flexibility index (Phi) is 4.25. The van der Waals surface area contributed by atoms with Crippen LogP contribution in [0, 0.1) is 11.8 Å². The molecule has 1 atom stereocenters. The highest BCUT2D eigenvalue weighted by atomic mass is 15.3. The first-order valence-corrected chi connectivity index (χ1v) is 7.29. The van der Waals surface area contributed by atoms with Crippen LogP contribution in [0.15, 0.2) is 16.4 Å². The first-order chi connectivity index (χ1) is 8.24. The zero-order valence-corrected chi connectivity index (χ0v) is 11.6. The summed E-state index contributed by atoms with van der Waals surface area (Å²) in [7, 11) is 0. The van der Waals surface area contributed by atoms with Gasteiger partial charge in [0, 0.05) is 17.3 Å². The van der Waals surface area contributed by atoms with Crippen LogP contribution in [0.2, 0.25) is 0 Å². The fourth-order valence-electron chi connectivity index (χ4n) is 3.16. The predicted octanol–water partition coefficient (Wildman–Crippen LogP) is 4.24. The molecule has 0 radical (unpaired) electrons. The zero-order chi connectivity index (χ0) is 12.3. The largest absolute Gasteiger partial charge is 0.282 e. The summed E-state index contributed by atoms with van der Waals surface area (Å²) < 4.78 is 0. The van der Waals surface area contributed by atoms with Crippen molar-refractivity contribution in [1.29, 1.82) is 0 Å². The number of hydrogen-bond acceptors (Lipinski definition) is 2. The molecule has 1 saturated carbocycles. The second-order valence-corrected chi connectivity index (χ2v) is 5.67. The first-order valence-electron chi connectivity index (χ1n) is 7.29. The summed E-state index contributed by atoms with van der Waals surface area (Å²) in [6.45, 7) is 6.78. The van der Waals surface area contributed by atoms with E-state index in [9.17, 15) is 0 Å². The highest BCUT2D eigenvalue weighted by molar-refractivity contribution is 5.89. The second kappa shape index (κ2) is 5.70. The summed E-state index contributed by atoms with van der Waals surface area (Å²) in [4.78, 5) is 0. The van der Waals surface area contributed by atoms with E-state index in [-0.39, 0.29) is 0 Å². The molecule has 2 rings (SSSR count). The van der Waals surface area contributed by atoms with Crippen molar-refractivity contribution >= 4 is 5.71 Å². The molecule has 1 fully saturated rings. The van der Waals surface area contributed by atoms with Crippen molar-refractivity contribution in [1.82, 2.24) is 5.43 Å². The van der Waals surface area contributed by atoms with Gasteiger partial charge in [0.05, 0.1) is 0 Å². The summed E-state index contributed by atoms with van der Waals surface area (Å²) in [5, 5.41) is 4.62. The van der Waals surface area contributed by atoms with Crippen LogP contribution in [0.1, 0.15) is 65.7 Å². The minimum absolute atomic E-state index is 0.578. The zero-order valence-electron chi connectivity index (χ0n) is 11.6. The highest BCUT2D eigenvalue weighted by Gasteiger charge is 2.27. The van der Waals surface area contributed by atoms with Crippen LogP contribution < -0.4 is 5.43 Å². The van der Waals surface area contributed by atoms with Gasteiger partial charge < -0.3 is 0 Å². The van der Waals surface area contributed by atoms with Gasteiger partial charge in [0.1, 0.15) is 0 Å². The molecule has 1 aliphatic carbocycles. The Labute approximate surface area is 106 Å². The lowest BCUT2D eigenvalue weighted by Gasteiger charge is -2.32. The molecule has 0 aromatic rings. The Morgan fingerprint density at radius 2 is 2.00 bits per heavy atom. The molecule has 1 unspecified atom stereocenters. The Balaban J connectivity index is 2.28. The SMILES string of the molecule is CCC1=NNC(C(C)C)=C2CCCCCCC12. The van der Waals surface area contributed by atoms with Crippen molar-refractivity contribution in [2.45, 2.75) is 65.7 Å². The topological polar surface area (TPSA) is 24.4 Å². The molecule has 0 bridgehead atoms. The summed E-state index contributed by atoms with van der Waals surface area (Å²) in [5.41, 5.74) is 7.80. The van der Waals surface area contributed by atoms with Gasteiger partial charge in [-0.25, -0.2) is 0 Å². The Morgan fingerprint density at radius 1 is 1.24 bits per heavy atom. The van der Waals surface area contributed by atoms with Crippen molar-refractivity contribution in [2.24, 2.45) is 16.9 Å². The predicted molar refractivity (Wildman–Crippen MR) is 73.9 cm³/mol. The Hall–Kier alpha value is -0.790. The maximum absolute atomic E-state index is 4.62. The minimum atomic E-state index is 0.578. The molecular weight excluding hydrogens is 208 g/mol. The van der Waals surface area contributed by atoms with Gasteiger partial charge in [0.15, 0.2) is 0 Å². The molecule has 2 heteroatoms. The fraction of sp³-hybridized carbons (Fsp3) is 0.800. The number of nitrogens with one attached hydrogen (secondary N) is 1. The monoisotopic (exact) mass is 234 g/mol. The lowest BCUT2D eigenvalue weighted by Crippen LogP contribution is -2.31. The van der Waals surface area contributed by atoms with Gasteiger partial charge in [0.25, 0.3) is 0 Å². The van der Waals surface area contributed by atoms with Crippen LogP contribution in [0.4, 0.5) is 0 Å². The molecule has 0 saturated heterocycles. The van der Waals surface area contributed by atoms with Gasteiger partial charge in [-0.2, -0.15) is 5.10 Å². The van der Waals surface area contributed by atoms with Gasteiger partial charge >= 0.3 is 0 Å². The maximum Gasteiger partial charge on any atom is 0.0451 e. The molecule has 1 heterocycles. The molecule has 96 valence electrons. The number of hydrogen-bond donors (Lipinski definition) is 1. The molecule has 0 spiro atoms. The molecule has 2 nitrogen and oxygen atoms in total. The van der Waals surface area contributed by atoms with Crippen molar-refractivity contribution < 1.29 is 0 Å². The summed E-state index contributed by atoms with van der Waals surface area (Å²) in [6.07, 6.45) is 9.24. The van der Waals surface area contributed by atoms with Gasteiger partial charge in [-0.15, -0.1) is 0 Å². The summed E-state index contributed by atoms with van der Waals surface area (Å²) in [6, 6.07) is 0. The number of nitrogens with zero attached hydrogens (tertiary/aromatic N) is 1. The van der Waals surface area contributed by atoms with Gasteiger partial charge in [-0.1, -0.05) is 40.0 Å². The molecule has 0 aromatic carbocycles. The number of allylic oxidation sites excluding steroid dienone is 2. The van der Waals surface area contributed by atoms with Crippen molar-refractivity contribution in [3.8, 4) is 0 Å². The molecule has 17 heavy (non-hydrogen) atoms. The first kappa shape index (κ1) is 12.7. The quantitative estimate of drug-likeness (QED) is 0.759. The maximum atomic E-state index is 4.62. The average molecular weight is 234 g/mol. The van der Waals surface area contributed by atoms with Gasteiger partial charge in [-0.3, -0.25) is 5.43 Å². The summed E-state index contributed by atoms with van der Waals surface area (Å²) >= 11 is 0. The Morgan fingerprint density at radius 3 is 2.71 bits per heavy atom. The standard InChI is InChI=1S/C15H26N2/c1-4-14-12-9-7-5-6-8-10-13(12)15(11(2)3)17-16-14/h11-12,17H,4-10H2,1-3H3. The van der Waals surface area contributed by atoms with E-state index < -0.39 is 0 Å². The molecular formula is C15H26N2. The lowest BCUT2D eigenvalue weighted by molar-refractivity contribution is 0.491. The van der Waals surface area contributed by atoms with Crippen molar-refractivity contribution in [2.75, 3.05) is 0 Å². The van der Waals surface area contributed by atoms with E-state index in [1.807, 2.05) is 0 Å². The van der Waals surface area contributed by atoms with E-state index in [2.05, 4.69) is 31.3 Å².